The largest absolute Gasteiger partial charge is 0.493 e. The van der Waals surface area contributed by atoms with Gasteiger partial charge in [0.15, 0.2) is 5.84 Å². The number of benzene rings is 2. The van der Waals surface area contributed by atoms with Crippen LogP contribution in [-0.4, -0.2) is 49.6 Å². The molecule has 194 valence electrons. The van der Waals surface area contributed by atoms with Gasteiger partial charge in [-0.2, -0.15) is 5.10 Å². The molecule has 1 fully saturated rings. The number of hydrazone groups is 1. The summed E-state index contributed by atoms with van der Waals surface area (Å²) >= 11 is 6.16. The number of hydrogen-bond donors (Lipinski definition) is 2. The lowest BCUT2D eigenvalue weighted by molar-refractivity contribution is 0.0341. The van der Waals surface area contributed by atoms with Gasteiger partial charge in [-0.3, -0.25) is 9.69 Å². The van der Waals surface area contributed by atoms with Crippen molar-refractivity contribution in [2.45, 2.75) is 33.9 Å². The quantitative estimate of drug-likeness (QED) is 0.271. The molecular formula is C27H34ClFN4O3. The molecule has 0 spiro atoms. The molecule has 2 N–H and O–H groups in total. The van der Waals surface area contributed by atoms with Crippen molar-refractivity contribution in [3.05, 3.63) is 76.1 Å². The number of ether oxygens (including phenoxy) is 2. The number of nitrogens with one attached hydrogen (secondary N) is 2. The first-order chi connectivity index (χ1) is 17.4. The topological polar surface area (TPSA) is 75.2 Å². The van der Waals surface area contributed by atoms with E-state index in [0.29, 0.717) is 49.6 Å². The van der Waals surface area contributed by atoms with Gasteiger partial charge in [0, 0.05) is 30.2 Å². The maximum Gasteiger partial charge on any atom is 0.259 e. The monoisotopic (exact) mass is 516 g/mol. The number of carbonyl (C=O) groups excluding carboxylic acids is 1. The fraction of sp³-hybridized carbons (Fsp3) is 0.407. The van der Waals surface area contributed by atoms with Crippen molar-refractivity contribution in [2.75, 3.05) is 32.9 Å². The fourth-order valence-corrected chi connectivity index (χ4v) is 3.79. The highest BCUT2D eigenvalue weighted by Crippen LogP contribution is 2.23. The number of carbonyl (C=O) groups is 1. The van der Waals surface area contributed by atoms with Gasteiger partial charge in [-0.05, 0) is 54.8 Å². The van der Waals surface area contributed by atoms with Gasteiger partial charge in [0.2, 0.25) is 0 Å². The number of hydrogen-bond acceptors (Lipinski definition) is 6. The Morgan fingerprint density at radius 2 is 2.03 bits per heavy atom. The fourth-order valence-electron chi connectivity index (χ4n) is 3.60. The number of rotatable bonds is 10. The Labute approximate surface area is 217 Å². The third-order valence-corrected chi connectivity index (χ3v) is 5.65. The molecule has 2 aromatic rings. The highest BCUT2D eigenvalue weighted by molar-refractivity contribution is 6.30. The van der Waals surface area contributed by atoms with Gasteiger partial charge in [-0.25, -0.2) is 4.39 Å². The summed E-state index contributed by atoms with van der Waals surface area (Å²) in [6.07, 6.45) is 3.36. The van der Waals surface area contributed by atoms with Gasteiger partial charge < -0.3 is 20.2 Å². The van der Waals surface area contributed by atoms with Crippen LogP contribution in [0.3, 0.4) is 0 Å². The average Bonchev–Trinajstić information content (AvgIpc) is 2.84. The standard InChI is InChI=1S/C27H34ClFN4O3/c1-4-5-26(32-30-16-21-15-22(28)7-9-25(21)36-18-19(2)3)31-27(34)23-8-6-20(14-24(23)29)17-33-10-12-35-13-11-33/h4-9,14-15,19,30H,10-13,16-18H2,1-3H3,(H,31,32,34)/b5-4+. The first kappa shape index (κ1) is 27.6. The minimum absolute atomic E-state index is 0.0443. The van der Waals surface area contributed by atoms with Crippen LogP contribution in [0.1, 0.15) is 42.3 Å². The van der Waals surface area contributed by atoms with E-state index in [1.54, 1.807) is 31.2 Å². The molecule has 9 heteroatoms. The van der Waals surface area contributed by atoms with Crippen molar-refractivity contribution < 1.29 is 18.7 Å². The van der Waals surface area contributed by atoms with Crippen LogP contribution in [0.4, 0.5) is 4.39 Å². The van der Waals surface area contributed by atoms with Crippen LogP contribution in [0.15, 0.2) is 53.7 Å². The van der Waals surface area contributed by atoms with Crippen molar-refractivity contribution in [2.24, 2.45) is 11.0 Å². The lowest BCUT2D eigenvalue weighted by Crippen LogP contribution is -2.35. The Morgan fingerprint density at radius 3 is 2.72 bits per heavy atom. The number of amidine groups is 1. The number of morpholine rings is 1. The molecule has 0 radical (unpaired) electrons. The van der Waals surface area contributed by atoms with Crippen LogP contribution >= 0.6 is 11.6 Å². The predicted octanol–water partition coefficient (Wildman–Crippen LogP) is 4.76. The molecule has 36 heavy (non-hydrogen) atoms. The van der Waals surface area contributed by atoms with Gasteiger partial charge in [0.25, 0.3) is 5.91 Å². The molecule has 1 saturated heterocycles. The first-order valence-corrected chi connectivity index (χ1v) is 12.5. The Kier molecular flexibility index (Phi) is 10.7. The molecule has 7 nitrogen and oxygen atoms in total. The maximum atomic E-state index is 14.8. The Hall–Kier alpha value is -2.94. The van der Waals surface area contributed by atoms with Crippen molar-refractivity contribution in [3.8, 4) is 5.75 Å². The van der Waals surface area contributed by atoms with E-state index in [4.69, 9.17) is 21.1 Å². The van der Waals surface area contributed by atoms with E-state index in [2.05, 4.69) is 34.6 Å². The molecule has 1 heterocycles. The van der Waals surface area contributed by atoms with Crippen molar-refractivity contribution in [1.82, 2.24) is 15.6 Å². The number of allylic oxidation sites excluding steroid dienone is 1. The Bertz CT molecular complexity index is 1080. The smallest absolute Gasteiger partial charge is 0.259 e. The lowest BCUT2D eigenvalue weighted by Gasteiger charge is -2.26. The summed E-state index contributed by atoms with van der Waals surface area (Å²) in [4.78, 5) is 15.0. The van der Waals surface area contributed by atoms with Crippen LogP contribution in [-0.2, 0) is 17.8 Å². The molecule has 1 aliphatic heterocycles. The summed E-state index contributed by atoms with van der Waals surface area (Å²) in [6, 6.07) is 10.1. The average molecular weight is 517 g/mol. The summed E-state index contributed by atoms with van der Waals surface area (Å²) in [6.45, 7) is 10.4. The van der Waals surface area contributed by atoms with Crippen molar-refractivity contribution in [3.63, 3.8) is 0 Å². The SMILES string of the molecule is C/C=C/C(=N\NCc1cc(Cl)ccc1OCC(C)C)NC(=O)c1ccc(CN2CCOCC2)cc1F. The van der Waals surface area contributed by atoms with Crippen LogP contribution in [0.25, 0.3) is 0 Å². The molecule has 1 amide bonds. The van der Waals surface area contributed by atoms with Crippen LogP contribution in [0, 0.1) is 11.7 Å². The number of amides is 1. The van der Waals surface area contributed by atoms with Crippen LogP contribution < -0.4 is 15.5 Å². The van der Waals surface area contributed by atoms with Gasteiger partial charge in [0.1, 0.15) is 11.6 Å². The molecule has 2 aromatic carbocycles. The van der Waals surface area contributed by atoms with Gasteiger partial charge in [0.05, 0.1) is 31.9 Å². The second-order valence-electron chi connectivity index (χ2n) is 8.95. The molecule has 1 aliphatic rings. The predicted molar refractivity (Wildman–Crippen MR) is 141 cm³/mol. The minimum atomic E-state index is -0.576. The number of nitrogens with zero attached hydrogens (tertiary/aromatic N) is 2. The highest BCUT2D eigenvalue weighted by Gasteiger charge is 2.16. The van der Waals surface area contributed by atoms with E-state index in [-0.39, 0.29) is 11.4 Å². The van der Waals surface area contributed by atoms with E-state index in [1.165, 1.54) is 12.1 Å². The van der Waals surface area contributed by atoms with E-state index in [1.807, 2.05) is 12.1 Å². The minimum Gasteiger partial charge on any atom is -0.493 e. The van der Waals surface area contributed by atoms with Crippen LogP contribution in [0.2, 0.25) is 5.02 Å². The molecule has 0 unspecified atom stereocenters. The van der Waals surface area contributed by atoms with Gasteiger partial charge >= 0.3 is 0 Å². The lowest BCUT2D eigenvalue weighted by atomic mass is 10.1. The highest BCUT2D eigenvalue weighted by atomic mass is 35.5. The second kappa shape index (κ2) is 14.0. The molecule has 0 aromatic heterocycles. The van der Waals surface area contributed by atoms with E-state index >= 15 is 0 Å². The molecule has 0 aliphatic carbocycles. The zero-order chi connectivity index (χ0) is 25.9. The van der Waals surface area contributed by atoms with Crippen molar-refractivity contribution >= 4 is 23.3 Å². The molecule has 3 rings (SSSR count). The van der Waals surface area contributed by atoms with Gasteiger partial charge in [-0.15, -0.1) is 0 Å². The molecule has 0 atom stereocenters. The van der Waals surface area contributed by atoms with E-state index in [0.717, 1.165) is 24.2 Å². The summed E-state index contributed by atoms with van der Waals surface area (Å²) in [5, 5.41) is 7.52. The zero-order valence-corrected chi connectivity index (χ0v) is 21.8. The summed E-state index contributed by atoms with van der Waals surface area (Å²) < 4.78 is 26.0. The normalized spacial score (nSPS) is 14.9. The molecule has 0 bridgehead atoms. The summed E-state index contributed by atoms with van der Waals surface area (Å²) in [5.74, 6) is 0.201. The number of halogens is 2. The van der Waals surface area contributed by atoms with Gasteiger partial charge in [-0.1, -0.05) is 37.6 Å². The second-order valence-corrected chi connectivity index (χ2v) is 9.38. The maximum absolute atomic E-state index is 14.8. The summed E-state index contributed by atoms with van der Waals surface area (Å²) in [7, 11) is 0. The molecule has 0 saturated carbocycles. The zero-order valence-electron chi connectivity index (χ0n) is 21.0. The van der Waals surface area contributed by atoms with Crippen molar-refractivity contribution in [1.29, 1.82) is 0 Å². The Morgan fingerprint density at radius 1 is 1.25 bits per heavy atom. The molecular weight excluding hydrogens is 483 g/mol. The van der Waals surface area contributed by atoms with Crippen LogP contribution in [0.5, 0.6) is 5.75 Å². The van der Waals surface area contributed by atoms with E-state index in [9.17, 15) is 9.18 Å². The third kappa shape index (κ3) is 8.62. The third-order valence-electron chi connectivity index (χ3n) is 5.42. The van der Waals surface area contributed by atoms with E-state index < -0.39 is 11.7 Å². The Balaban J connectivity index is 1.63. The first-order valence-electron chi connectivity index (χ1n) is 12.1. The summed E-state index contributed by atoms with van der Waals surface area (Å²) in [5.41, 5.74) is 4.54.